The van der Waals surface area contributed by atoms with Gasteiger partial charge in [-0.05, 0) is 35.9 Å². The zero-order chi connectivity index (χ0) is 21.6. The minimum atomic E-state index is -5.47. The van der Waals surface area contributed by atoms with Gasteiger partial charge in [0, 0.05) is 5.56 Å². The van der Waals surface area contributed by atoms with E-state index in [4.69, 9.17) is 4.74 Å². The summed E-state index contributed by atoms with van der Waals surface area (Å²) in [7, 11) is 1.42. The zero-order valence-electron chi connectivity index (χ0n) is 14.6. The zero-order valence-corrected chi connectivity index (χ0v) is 14.6. The van der Waals surface area contributed by atoms with Crippen LogP contribution in [0.5, 0.6) is 11.5 Å². The number of aliphatic hydroxyl groups is 1. The summed E-state index contributed by atoms with van der Waals surface area (Å²) in [5.41, 5.74) is -5.00. The number of hydrogen-bond acceptors (Lipinski definition) is 4. The number of fused-ring (bicyclic) bond motifs is 1. The number of ether oxygens (including phenoxy) is 2. The van der Waals surface area contributed by atoms with Crippen molar-refractivity contribution in [3.8, 4) is 11.5 Å². The van der Waals surface area contributed by atoms with Gasteiger partial charge in [0.05, 0.1) is 19.3 Å². The monoisotopic (exact) mass is 421 g/mol. The summed E-state index contributed by atoms with van der Waals surface area (Å²) in [6.07, 6.45) is -10.6. The van der Waals surface area contributed by atoms with E-state index in [9.17, 15) is 36.2 Å². The number of rotatable bonds is 4. The lowest BCUT2D eigenvalue weighted by molar-refractivity contribution is -0.274. The predicted octanol–water partition coefficient (Wildman–Crippen LogP) is 3.89. The van der Waals surface area contributed by atoms with Gasteiger partial charge in [0.15, 0.2) is 0 Å². The van der Waals surface area contributed by atoms with E-state index in [2.05, 4.69) is 4.74 Å². The molecule has 2 aromatic carbocycles. The molecule has 1 aliphatic rings. The molecular weight excluding hydrogens is 408 g/mol. The third-order valence-electron chi connectivity index (χ3n) is 4.35. The van der Waals surface area contributed by atoms with Gasteiger partial charge < -0.3 is 19.5 Å². The molecule has 0 aromatic heterocycles. The number of hydrogen-bond donors (Lipinski definition) is 1. The van der Waals surface area contributed by atoms with Crippen LogP contribution in [0.15, 0.2) is 42.5 Å². The van der Waals surface area contributed by atoms with Crippen molar-refractivity contribution in [2.45, 2.75) is 24.7 Å². The minimum Gasteiger partial charge on any atom is -0.497 e. The minimum absolute atomic E-state index is 0.353. The second kappa shape index (κ2) is 6.83. The van der Waals surface area contributed by atoms with Crippen molar-refractivity contribution in [3.63, 3.8) is 0 Å². The van der Waals surface area contributed by atoms with Crippen LogP contribution in [0.2, 0.25) is 0 Å². The summed E-state index contributed by atoms with van der Waals surface area (Å²) >= 11 is 0. The lowest BCUT2D eigenvalue weighted by Crippen LogP contribution is -2.50. The molecule has 0 bridgehead atoms. The van der Waals surface area contributed by atoms with Crippen LogP contribution in [0.1, 0.15) is 11.1 Å². The fourth-order valence-corrected chi connectivity index (χ4v) is 3.00. The van der Waals surface area contributed by atoms with Crippen molar-refractivity contribution < 1.29 is 45.7 Å². The van der Waals surface area contributed by atoms with E-state index < -0.39 is 35.4 Å². The Morgan fingerprint density at radius 1 is 1.00 bits per heavy atom. The fraction of sp³-hybridized carbons (Fsp3) is 0.278. The Labute approximate surface area is 160 Å². The molecule has 0 spiro atoms. The van der Waals surface area contributed by atoms with E-state index in [0.717, 1.165) is 12.1 Å². The van der Waals surface area contributed by atoms with E-state index >= 15 is 0 Å². The Bertz CT molecular complexity index is 925. The van der Waals surface area contributed by atoms with Crippen LogP contribution in [-0.2, 0) is 16.9 Å². The quantitative estimate of drug-likeness (QED) is 0.762. The van der Waals surface area contributed by atoms with Crippen LogP contribution in [0.25, 0.3) is 0 Å². The summed E-state index contributed by atoms with van der Waals surface area (Å²) in [6.45, 7) is -0.353. The smallest absolute Gasteiger partial charge is 0.497 e. The molecule has 0 aliphatic carbocycles. The van der Waals surface area contributed by atoms with Gasteiger partial charge in [-0.15, -0.1) is 13.2 Å². The van der Waals surface area contributed by atoms with Gasteiger partial charge in [-0.2, -0.15) is 13.2 Å². The summed E-state index contributed by atoms with van der Waals surface area (Å²) < 4.78 is 86.6. The molecule has 1 unspecified atom stereocenters. The second-order valence-corrected chi connectivity index (χ2v) is 6.17. The van der Waals surface area contributed by atoms with Crippen LogP contribution in [0.4, 0.5) is 32.0 Å². The lowest BCUT2D eigenvalue weighted by atomic mass is 9.94. The molecule has 29 heavy (non-hydrogen) atoms. The van der Waals surface area contributed by atoms with Crippen molar-refractivity contribution in [2.24, 2.45) is 0 Å². The average Bonchev–Trinajstić information content (AvgIpc) is 2.83. The number of alkyl halides is 6. The molecule has 1 heterocycles. The molecule has 3 rings (SSSR count). The topological polar surface area (TPSA) is 59.0 Å². The molecule has 0 saturated heterocycles. The number of benzene rings is 2. The molecule has 1 aliphatic heterocycles. The van der Waals surface area contributed by atoms with Gasteiger partial charge in [-0.3, -0.25) is 4.79 Å². The Morgan fingerprint density at radius 2 is 1.59 bits per heavy atom. The second-order valence-electron chi connectivity index (χ2n) is 6.17. The number of methoxy groups -OCH3 is 1. The first-order valence-electron chi connectivity index (χ1n) is 8.01. The molecular formula is C18H13F6NO4. The third kappa shape index (κ3) is 3.69. The predicted molar refractivity (Wildman–Crippen MR) is 87.3 cm³/mol. The van der Waals surface area contributed by atoms with Gasteiger partial charge in [0.25, 0.3) is 11.5 Å². The highest BCUT2D eigenvalue weighted by molar-refractivity contribution is 6.07. The molecule has 1 N–H and O–H groups in total. The highest BCUT2D eigenvalue weighted by Crippen LogP contribution is 2.51. The van der Waals surface area contributed by atoms with Crippen LogP contribution >= 0.6 is 0 Å². The van der Waals surface area contributed by atoms with E-state index in [1.54, 1.807) is 0 Å². The maximum atomic E-state index is 13.6. The molecule has 2 aromatic rings. The number of carbonyl (C=O) groups is 1. The van der Waals surface area contributed by atoms with E-state index in [1.165, 1.54) is 31.4 Å². The van der Waals surface area contributed by atoms with Crippen molar-refractivity contribution in [3.05, 3.63) is 53.6 Å². The van der Waals surface area contributed by atoms with Gasteiger partial charge in [-0.1, -0.05) is 12.1 Å². The van der Waals surface area contributed by atoms with Crippen molar-refractivity contribution in [1.82, 2.24) is 0 Å². The van der Waals surface area contributed by atoms with Crippen molar-refractivity contribution in [2.75, 3.05) is 12.0 Å². The Hall–Kier alpha value is -2.95. The standard InChI is InChI=1S/C18H13F6NO4/c1-28-11-4-2-10(3-5-11)9-25-14-7-6-12(29-18(22,23)24)8-13(14)16(27,15(25)26)17(19,20)21/h2-8,27H,9H2,1H3. The van der Waals surface area contributed by atoms with Gasteiger partial charge in [-0.25, -0.2) is 0 Å². The van der Waals surface area contributed by atoms with Gasteiger partial charge in [0.2, 0.25) is 0 Å². The summed E-state index contributed by atoms with van der Waals surface area (Å²) in [5.74, 6) is -2.24. The number of carbonyl (C=O) groups excluding carboxylic acids is 1. The molecule has 5 nitrogen and oxygen atoms in total. The van der Waals surface area contributed by atoms with Crippen LogP contribution < -0.4 is 14.4 Å². The number of halogens is 6. The first-order valence-corrected chi connectivity index (χ1v) is 8.01. The molecule has 1 amide bonds. The molecule has 156 valence electrons. The summed E-state index contributed by atoms with van der Waals surface area (Å²) in [4.78, 5) is 13.2. The molecule has 0 fully saturated rings. The maximum Gasteiger partial charge on any atom is 0.573 e. The Morgan fingerprint density at radius 3 is 2.10 bits per heavy atom. The first kappa shape index (κ1) is 20.8. The highest BCUT2D eigenvalue weighted by Gasteiger charge is 2.66. The summed E-state index contributed by atoms with van der Waals surface area (Å²) in [5, 5.41) is 10.2. The van der Waals surface area contributed by atoms with E-state index in [0.29, 0.717) is 22.3 Å². The first-order chi connectivity index (χ1) is 13.4. The fourth-order valence-electron chi connectivity index (χ4n) is 3.00. The third-order valence-corrected chi connectivity index (χ3v) is 4.35. The molecule has 1 atom stereocenters. The SMILES string of the molecule is COc1ccc(CN2C(=O)C(O)(C(F)(F)F)c3cc(OC(F)(F)F)ccc32)cc1. The van der Waals surface area contributed by atoms with Crippen molar-refractivity contribution >= 4 is 11.6 Å². The van der Waals surface area contributed by atoms with E-state index in [-0.39, 0.29) is 12.2 Å². The largest absolute Gasteiger partial charge is 0.573 e. The molecule has 0 radical (unpaired) electrons. The Balaban J connectivity index is 2.05. The highest BCUT2D eigenvalue weighted by atomic mass is 19.4. The lowest BCUT2D eigenvalue weighted by Gasteiger charge is -2.25. The Kier molecular flexibility index (Phi) is 4.89. The number of amides is 1. The van der Waals surface area contributed by atoms with Crippen LogP contribution in [0.3, 0.4) is 0 Å². The van der Waals surface area contributed by atoms with E-state index in [1.807, 2.05) is 0 Å². The average molecular weight is 421 g/mol. The molecule has 11 heteroatoms. The van der Waals surface area contributed by atoms with Gasteiger partial charge in [0.1, 0.15) is 11.5 Å². The normalized spacial score (nSPS) is 19.3. The van der Waals surface area contributed by atoms with Crippen LogP contribution in [-0.4, -0.2) is 30.7 Å². The van der Waals surface area contributed by atoms with Gasteiger partial charge >= 0.3 is 12.5 Å². The summed E-state index contributed by atoms with van der Waals surface area (Å²) in [6, 6.07) is 8.03. The molecule has 0 saturated carbocycles. The number of nitrogens with zero attached hydrogens (tertiary/aromatic N) is 1. The maximum absolute atomic E-state index is 13.6. The van der Waals surface area contributed by atoms with Crippen molar-refractivity contribution in [1.29, 1.82) is 0 Å². The number of anilines is 1. The van der Waals surface area contributed by atoms with Crippen LogP contribution in [0, 0.1) is 0 Å².